The minimum absolute atomic E-state index is 0.197. The number of nitrogens with two attached hydrogens (primary N) is 1. The van der Waals surface area contributed by atoms with E-state index in [9.17, 15) is 4.79 Å². The average Bonchev–Trinajstić information content (AvgIpc) is 2.67. The molecule has 15 heavy (non-hydrogen) atoms. The summed E-state index contributed by atoms with van der Waals surface area (Å²) in [5.41, 5.74) is 5.42. The maximum atomic E-state index is 11.5. The molecule has 1 aromatic rings. The Morgan fingerprint density at radius 1 is 1.73 bits per heavy atom. The van der Waals surface area contributed by atoms with Crippen LogP contribution in [-0.2, 0) is 11.3 Å². The lowest BCUT2D eigenvalue weighted by Crippen LogP contribution is -2.37. The fraction of sp³-hybridized carbons (Fsp3) is 0.571. The lowest BCUT2D eigenvalue weighted by molar-refractivity contribution is -0.123. The third-order valence-electron chi connectivity index (χ3n) is 1.88. The Labute approximate surface area is 91.8 Å². The van der Waals surface area contributed by atoms with Crippen molar-refractivity contribution >= 4 is 23.1 Å². The number of H-pyrrole nitrogens is 1. The third-order valence-corrected chi connectivity index (χ3v) is 2.16. The first kappa shape index (κ1) is 11.5. The molecular weight excluding hydrogens is 216 g/mol. The Morgan fingerprint density at radius 3 is 2.93 bits per heavy atom. The minimum atomic E-state index is -0.438. The van der Waals surface area contributed by atoms with E-state index in [4.69, 9.17) is 18.0 Å². The summed E-state index contributed by atoms with van der Waals surface area (Å²) >= 11 is 4.77. The zero-order valence-electron chi connectivity index (χ0n) is 8.23. The second kappa shape index (κ2) is 5.35. The number of thiocarbonyl (C=S) groups is 1. The van der Waals surface area contributed by atoms with E-state index in [0.29, 0.717) is 12.2 Å². The molecule has 4 N–H and O–H groups in total. The number of hydrogen-bond donors (Lipinski definition) is 3. The highest BCUT2D eigenvalue weighted by atomic mass is 32.1. The predicted molar refractivity (Wildman–Crippen MR) is 56.6 cm³/mol. The third kappa shape index (κ3) is 3.24. The van der Waals surface area contributed by atoms with Gasteiger partial charge < -0.3 is 11.1 Å². The van der Waals surface area contributed by atoms with Gasteiger partial charge in [0.2, 0.25) is 5.91 Å². The molecule has 1 rings (SSSR count). The van der Waals surface area contributed by atoms with Gasteiger partial charge in [-0.3, -0.25) is 4.79 Å². The van der Waals surface area contributed by atoms with Crippen LogP contribution in [0.2, 0.25) is 0 Å². The van der Waals surface area contributed by atoms with E-state index in [2.05, 4.69) is 25.9 Å². The fourth-order valence-corrected chi connectivity index (χ4v) is 1.34. The van der Waals surface area contributed by atoms with Crippen molar-refractivity contribution < 1.29 is 4.79 Å². The van der Waals surface area contributed by atoms with Gasteiger partial charge in [0.25, 0.3) is 0 Å². The summed E-state index contributed by atoms with van der Waals surface area (Å²) in [5, 5.41) is 15.7. The summed E-state index contributed by atoms with van der Waals surface area (Å²) in [6, 6.07) is 0. The summed E-state index contributed by atoms with van der Waals surface area (Å²) in [7, 11) is 0. The molecule has 0 fully saturated rings. The SMILES string of the molecule is CCC(C(=O)NCc1nn[nH]n1)C(N)=S. The summed E-state index contributed by atoms with van der Waals surface area (Å²) in [6.07, 6.45) is 0.577. The normalized spacial score (nSPS) is 12.1. The Kier molecular flexibility index (Phi) is 4.10. The van der Waals surface area contributed by atoms with Crippen molar-refractivity contribution in [3.05, 3.63) is 5.82 Å². The molecule has 0 spiro atoms. The van der Waals surface area contributed by atoms with Crippen LogP contribution in [0.1, 0.15) is 19.2 Å². The van der Waals surface area contributed by atoms with Crippen LogP contribution >= 0.6 is 12.2 Å². The topological polar surface area (TPSA) is 110 Å². The number of nitrogens with zero attached hydrogens (tertiary/aromatic N) is 3. The van der Waals surface area contributed by atoms with Crippen molar-refractivity contribution in [2.24, 2.45) is 11.7 Å². The van der Waals surface area contributed by atoms with Crippen LogP contribution in [0.15, 0.2) is 0 Å². The van der Waals surface area contributed by atoms with Gasteiger partial charge >= 0.3 is 0 Å². The molecule has 0 saturated carbocycles. The zero-order chi connectivity index (χ0) is 11.3. The summed E-state index contributed by atoms with van der Waals surface area (Å²) in [5.74, 6) is -0.233. The molecule has 0 aliphatic heterocycles. The van der Waals surface area contributed by atoms with Crippen molar-refractivity contribution in [1.82, 2.24) is 25.9 Å². The second-order valence-electron chi connectivity index (χ2n) is 2.91. The monoisotopic (exact) mass is 228 g/mol. The fourth-order valence-electron chi connectivity index (χ4n) is 1.06. The molecule has 0 radical (unpaired) electrons. The molecule has 1 heterocycles. The molecule has 1 aromatic heterocycles. The number of carbonyl (C=O) groups is 1. The van der Waals surface area contributed by atoms with Crippen LogP contribution in [0.4, 0.5) is 0 Å². The number of nitrogens with one attached hydrogen (secondary N) is 2. The highest BCUT2D eigenvalue weighted by molar-refractivity contribution is 7.80. The molecule has 1 amide bonds. The van der Waals surface area contributed by atoms with Crippen molar-refractivity contribution in [2.45, 2.75) is 19.9 Å². The van der Waals surface area contributed by atoms with E-state index in [-0.39, 0.29) is 17.4 Å². The number of carbonyl (C=O) groups excluding carboxylic acids is 1. The first-order chi connectivity index (χ1) is 7.15. The standard InChI is InChI=1S/C7H12N6OS/c1-2-4(6(8)15)7(14)9-3-5-10-12-13-11-5/h4H,2-3H2,1H3,(H2,8,15)(H,9,14)(H,10,11,12,13). The van der Waals surface area contributed by atoms with Crippen molar-refractivity contribution in [2.75, 3.05) is 0 Å². The van der Waals surface area contributed by atoms with Crippen LogP contribution in [0.25, 0.3) is 0 Å². The Bertz CT molecular complexity index is 337. The van der Waals surface area contributed by atoms with Gasteiger partial charge in [0.15, 0.2) is 5.82 Å². The van der Waals surface area contributed by atoms with Gasteiger partial charge in [-0.2, -0.15) is 5.21 Å². The molecule has 0 aliphatic rings. The van der Waals surface area contributed by atoms with Gasteiger partial charge in [-0.1, -0.05) is 24.4 Å². The highest BCUT2D eigenvalue weighted by Gasteiger charge is 2.18. The maximum Gasteiger partial charge on any atom is 0.230 e. The summed E-state index contributed by atoms with van der Waals surface area (Å²) < 4.78 is 0. The van der Waals surface area contributed by atoms with E-state index < -0.39 is 5.92 Å². The van der Waals surface area contributed by atoms with E-state index in [0.717, 1.165) is 0 Å². The van der Waals surface area contributed by atoms with Gasteiger partial charge in [0.1, 0.15) is 0 Å². The highest BCUT2D eigenvalue weighted by Crippen LogP contribution is 2.02. The molecule has 0 bridgehead atoms. The first-order valence-electron chi connectivity index (χ1n) is 4.44. The number of hydrogen-bond acceptors (Lipinski definition) is 5. The molecule has 0 aromatic carbocycles. The van der Waals surface area contributed by atoms with Crippen LogP contribution in [-0.4, -0.2) is 31.5 Å². The molecule has 1 atom stereocenters. The van der Waals surface area contributed by atoms with Crippen molar-refractivity contribution in [3.63, 3.8) is 0 Å². The van der Waals surface area contributed by atoms with Crippen LogP contribution in [0.3, 0.4) is 0 Å². The van der Waals surface area contributed by atoms with Gasteiger partial charge in [-0.25, -0.2) is 0 Å². The van der Waals surface area contributed by atoms with E-state index in [1.54, 1.807) is 0 Å². The zero-order valence-corrected chi connectivity index (χ0v) is 9.04. The van der Waals surface area contributed by atoms with Gasteiger partial charge in [-0.15, -0.1) is 10.2 Å². The van der Waals surface area contributed by atoms with Crippen LogP contribution < -0.4 is 11.1 Å². The molecule has 7 nitrogen and oxygen atoms in total. The number of aromatic nitrogens is 4. The van der Waals surface area contributed by atoms with Gasteiger partial charge in [0.05, 0.1) is 17.5 Å². The smallest absolute Gasteiger partial charge is 0.230 e. The Morgan fingerprint density at radius 2 is 2.47 bits per heavy atom. The molecule has 0 aliphatic carbocycles. The Balaban J connectivity index is 2.44. The number of tetrazole rings is 1. The molecular formula is C7H12N6OS. The van der Waals surface area contributed by atoms with Crippen molar-refractivity contribution in [3.8, 4) is 0 Å². The molecule has 0 saturated heterocycles. The number of rotatable bonds is 5. The molecule has 82 valence electrons. The maximum absolute atomic E-state index is 11.5. The molecule has 1 unspecified atom stereocenters. The molecule has 8 heteroatoms. The largest absolute Gasteiger partial charge is 0.393 e. The average molecular weight is 228 g/mol. The van der Waals surface area contributed by atoms with Gasteiger partial charge in [-0.05, 0) is 6.42 Å². The van der Waals surface area contributed by atoms with Gasteiger partial charge in [0, 0.05) is 0 Å². The number of amides is 1. The lowest BCUT2D eigenvalue weighted by atomic mass is 10.1. The quantitative estimate of drug-likeness (QED) is 0.565. The predicted octanol–water partition coefficient (Wildman–Crippen LogP) is -0.872. The van der Waals surface area contributed by atoms with E-state index >= 15 is 0 Å². The summed E-state index contributed by atoms with van der Waals surface area (Å²) in [6.45, 7) is 2.06. The van der Waals surface area contributed by atoms with E-state index in [1.807, 2.05) is 6.92 Å². The van der Waals surface area contributed by atoms with E-state index in [1.165, 1.54) is 0 Å². The van der Waals surface area contributed by atoms with Crippen LogP contribution in [0.5, 0.6) is 0 Å². The Hall–Kier alpha value is -1.57. The summed E-state index contributed by atoms with van der Waals surface area (Å²) in [4.78, 5) is 11.7. The van der Waals surface area contributed by atoms with Crippen molar-refractivity contribution in [1.29, 1.82) is 0 Å². The lowest BCUT2D eigenvalue weighted by Gasteiger charge is -2.11. The second-order valence-corrected chi connectivity index (χ2v) is 3.38. The number of aromatic amines is 1. The van der Waals surface area contributed by atoms with Crippen LogP contribution in [0, 0.1) is 5.92 Å². The first-order valence-corrected chi connectivity index (χ1v) is 4.85. The minimum Gasteiger partial charge on any atom is -0.393 e.